The number of ether oxygens (including phenoxy) is 2. The molecule has 0 spiro atoms. The van der Waals surface area contributed by atoms with E-state index in [-0.39, 0.29) is 25.4 Å². The SMILES string of the molecule is CCOC(=O)[C@H]1C(=O)CC[C@H]1C(=O)OCC. The molecule has 0 aromatic carbocycles. The first-order valence-electron chi connectivity index (χ1n) is 5.47. The van der Waals surface area contributed by atoms with Crippen LogP contribution in [0.2, 0.25) is 0 Å². The molecule has 0 heterocycles. The molecule has 1 aliphatic carbocycles. The Bertz CT molecular complexity index is 297. The summed E-state index contributed by atoms with van der Waals surface area (Å²) in [5.41, 5.74) is 0. The number of esters is 2. The zero-order chi connectivity index (χ0) is 12.1. The number of Topliss-reactive ketones (excluding diaryl/α,β-unsaturated/α-hetero) is 1. The van der Waals surface area contributed by atoms with Crippen molar-refractivity contribution < 1.29 is 23.9 Å². The fraction of sp³-hybridized carbons (Fsp3) is 0.727. The molecule has 0 saturated heterocycles. The zero-order valence-corrected chi connectivity index (χ0v) is 9.52. The Kier molecular flexibility index (Phi) is 4.46. The molecule has 1 fully saturated rings. The van der Waals surface area contributed by atoms with Gasteiger partial charge in [-0.05, 0) is 20.3 Å². The van der Waals surface area contributed by atoms with E-state index in [2.05, 4.69) is 0 Å². The van der Waals surface area contributed by atoms with Gasteiger partial charge in [0.05, 0.1) is 19.1 Å². The Labute approximate surface area is 94.1 Å². The predicted octanol–water partition coefficient (Wildman–Crippen LogP) is 0.708. The predicted molar refractivity (Wildman–Crippen MR) is 54.5 cm³/mol. The lowest BCUT2D eigenvalue weighted by Crippen LogP contribution is -2.32. The van der Waals surface area contributed by atoms with Crippen molar-refractivity contribution in [1.82, 2.24) is 0 Å². The van der Waals surface area contributed by atoms with Crippen molar-refractivity contribution in [2.75, 3.05) is 13.2 Å². The van der Waals surface area contributed by atoms with Gasteiger partial charge in [-0.2, -0.15) is 0 Å². The van der Waals surface area contributed by atoms with Gasteiger partial charge in [0, 0.05) is 6.42 Å². The number of carbonyl (C=O) groups is 3. The van der Waals surface area contributed by atoms with E-state index in [1.54, 1.807) is 13.8 Å². The molecule has 0 radical (unpaired) electrons. The van der Waals surface area contributed by atoms with Crippen LogP contribution in [-0.4, -0.2) is 30.9 Å². The molecule has 0 aromatic rings. The van der Waals surface area contributed by atoms with Crippen LogP contribution in [0.1, 0.15) is 26.7 Å². The summed E-state index contributed by atoms with van der Waals surface area (Å²) in [5, 5.41) is 0. The van der Waals surface area contributed by atoms with Crippen LogP contribution in [-0.2, 0) is 23.9 Å². The Morgan fingerprint density at radius 3 is 2.31 bits per heavy atom. The Morgan fingerprint density at radius 2 is 1.75 bits per heavy atom. The van der Waals surface area contributed by atoms with E-state index in [0.717, 1.165) is 0 Å². The van der Waals surface area contributed by atoms with E-state index in [9.17, 15) is 14.4 Å². The molecule has 0 amide bonds. The highest BCUT2D eigenvalue weighted by Crippen LogP contribution is 2.30. The second-order valence-electron chi connectivity index (χ2n) is 3.59. The van der Waals surface area contributed by atoms with Crippen molar-refractivity contribution in [2.45, 2.75) is 26.7 Å². The van der Waals surface area contributed by atoms with Crippen LogP contribution in [0.25, 0.3) is 0 Å². The van der Waals surface area contributed by atoms with Gasteiger partial charge in [-0.25, -0.2) is 0 Å². The maximum atomic E-state index is 11.5. The minimum Gasteiger partial charge on any atom is -0.466 e. The average molecular weight is 228 g/mol. The second-order valence-corrected chi connectivity index (χ2v) is 3.59. The second kappa shape index (κ2) is 5.63. The van der Waals surface area contributed by atoms with E-state index in [0.29, 0.717) is 6.42 Å². The van der Waals surface area contributed by atoms with Crippen LogP contribution < -0.4 is 0 Å². The maximum Gasteiger partial charge on any atom is 0.317 e. The molecule has 90 valence electrons. The van der Waals surface area contributed by atoms with Crippen molar-refractivity contribution >= 4 is 17.7 Å². The van der Waals surface area contributed by atoms with Crippen molar-refractivity contribution in [3.8, 4) is 0 Å². The van der Waals surface area contributed by atoms with Crippen LogP contribution in [0.15, 0.2) is 0 Å². The van der Waals surface area contributed by atoms with Gasteiger partial charge in [0.1, 0.15) is 11.7 Å². The molecular formula is C11H16O5. The van der Waals surface area contributed by atoms with Gasteiger partial charge in [-0.3, -0.25) is 14.4 Å². The molecular weight excluding hydrogens is 212 g/mol. The van der Waals surface area contributed by atoms with Gasteiger partial charge in [0.15, 0.2) is 0 Å². The van der Waals surface area contributed by atoms with Gasteiger partial charge < -0.3 is 9.47 Å². The van der Waals surface area contributed by atoms with Gasteiger partial charge in [0.2, 0.25) is 0 Å². The number of carbonyl (C=O) groups excluding carboxylic acids is 3. The van der Waals surface area contributed by atoms with E-state index < -0.39 is 23.8 Å². The highest BCUT2D eigenvalue weighted by atomic mass is 16.5. The average Bonchev–Trinajstić information content (AvgIpc) is 2.61. The zero-order valence-electron chi connectivity index (χ0n) is 9.52. The molecule has 5 nitrogen and oxygen atoms in total. The first-order chi connectivity index (χ1) is 7.61. The van der Waals surface area contributed by atoms with Crippen molar-refractivity contribution in [3.63, 3.8) is 0 Å². The number of hydrogen-bond donors (Lipinski definition) is 0. The van der Waals surface area contributed by atoms with Gasteiger partial charge in [-0.1, -0.05) is 0 Å². The standard InChI is InChI=1S/C11H16O5/c1-3-15-10(13)7-5-6-8(12)9(7)11(14)16-4-2/h7,9H,3-6H2,1-2H3/t7-,9-/m1/s1. The molecule has 1 rings (SSSR count). The molecule has 0 unspecified atom stereocenters. The summed E-state index contributed by atoms with van der Waals surface area (Å²) in [4.78, 5) is 34.6. The van der Waals surface area contributed by atoms with Crippen molar-refractivity contribution in [3.05, 3.63) is 0 Å². The Balaban J connectivity index is 2.73. The van der Waals surface area contributed by atoms with E-state index >= 15 is 0 Å². The van der Waals surface area contributed by atoms with E-state index in [1.807, 2.05) is 0 Å². The molecule has 1 saturated carbocycles. The first-order valence-corrected chi connectivity index (χ1v) is 5.47. The largest absolute Gasteiger partial charge is 0.466 e. The van der Waals surface area contributed by atoms with Crippen LogP contribution in [0, 0.1) is 11.8 Å². The number of rotatable bonds is 4. The lowest BCUT2D eigenvalue weighted by molar-refractivity contribution is -0.160. The van der Waals surface area contributed by atoms with Crippen LogP contribution in [0.5, 0.6) is 0 Å². The highest BCUT2D eigenvalue weighted by Gasteiger charge is 2.45. The van der Waals surface area contributed by atoms with Crippen molar-refractivity contribution in [1.29, 1.82) is 0 Å². The third-order valence-corrected chi connectivity index (χ3v) is 2.58. The molecule has 5 heteroatoms. The summed E-state index contributed by atoms with van der Waals surface area (Å²) in [7, 11) is 0. The van der Waals surface area contributed by atoms with Crippen molar-refractivity contribution in [2.24, 2.45) is 11.8 Å². The minimum absolute atomic E-state index is 0.207. The molecule has 0 bridgehead atoms. The summed E-state index contributed by atoms with van der Waals surface area (Å²) in [6.45, 7) is 3.81. The lowest BCUT2D eigenvalue weighted by Gasteiger charge is -2.15. The molecule has 2 atom stereocenters. The van der Waals surface area contributed by atoms with Gasteiger partial charge in [-0.15, -0.1) is 0 Å². The molecule has 0 aromatic heterocycles. The molecule has 16 heavy (non-hydrogen) atoms. The van der Waals surface area contributed by atoms with Crippen LogP contribution >= 0.6 is 0 Å². The highest BCUT2D eigenvalue weighted by molar-refractivity contribution is 6.04. The summed E-state index contributed by atoms with van der Waals surface area (Å²) in [6, 6.07) is 0. The summed E-state index contributed by atoms with van der Waals surface area (Å²) >= 11 is 0. The summed E-state index contributed by atoms with van der Waals surface area (Å²) in [5.74, 6) is -2.93. The number of hydrogen-bond acceptors (Lipinski definition) is 5. The normalized spacial score (nSPS) is 24.2. The molecule has 0 N–H and O–H groups in total. The topological polar surface area (TPSA) is 69.7 Å². The summed E-state index contributed by atoms with van der Waals surface area (Å²) < 4.78 is 9.62. The fourth-order valence-corrected chi connectivity index (χ4v) is 1.88. The summed E-state index contributed by atoms with van der Waals surface area (Å²) in [6.07, 6.45) is 0.619. The number of ketones is 1. The quantitative estimate of drug-likeness (QED) is 0.523. The Hall–Kier alpha value is -1.39. The van der Waals surface area contributed by atoms with Crippen LogP contribution in [0.4, 0.5) is 0 Å². The minimum atomic E-state index is -0.959. The van der Waals surface area contributed by atoms with Gasteiger partial charge >= 0.3 is 11.9 Å². The maximum absolute atomic E-state index is 11.5. The third kappa shape index (κ3) is 2.59. The van der Waals surface area contributed by atoms with E-state index in [4.69, 9.17) is 9.47 Å². The fourth-order valence-electron chi connectivity index (χ4n) is 1.88. The monoisotopic (exact) mass is 228 g/mol. The Morgan fingerprint density at radius 1 is 1.19 bits per heavy atom. The third-order valence-electron chi connectivity index (χ3n) is 2.58. The molecule has 0 aliphatic heterocycles. The van der Waals surface area contributed by atoms with E-state index in [1.165, 1.54) is 0 Å². The first kappa shape index (κ1) is 12.7. The van der Waals surface area contributed by atoms with Crippen LogP contribution in [0.3, 0.4) is 0 Å². The smallest absolute Gasteiger partial charge is 0.317 e. The molecule has 1 aliphatic rings. The van der Waals surface area contributed by atoms with Gasteiger partial charge in [0.25, 0.3) is 0 Å². The lowest BCUT2D eigenvalue weighted by atomic mass is 9.96.